The Morgan fingerprint density at radius 3 is 2.88 bits per heavy atom. The zero-order chi connectivity index (χ0) is 16.4. The van der Waals surface area contributed by atoms with E-state index in [2.05, 4.69) is 20.3 Å². The SMILES string of the molecule is O=C(NCc1nc(-c2ccncc2)cs1)[C@@H]1C[C@@H]1c1cccnc1. The van der Waals surface area contributed by atoms with Crippen LogP contribution in [0.2, 0.25) is 0 Å². The number of thiazole rings is 1. The number of nitrogens with one attached hydrogen (secondary N) is 1. The molecule has 0 bridgehead atoms. The summed E-state index contributed by atoms with van der Waals surface area (Å²) in [6, 6.07) is 7.81. The van der Waals surface area contributed by atoms with E-state index in [0.717, 1.165) is 28.2 Å². The van der Waals surface area contributed by atoms with Gasteiger partial charge >= 0.3 is 0 Å². The van der Waals surface area contributed by atoms with Gasteiger partial charge in [-0.25, -0.2) is 4.98 Å². The van der Waals surface area contributed by atoms with E-state index in [1.165, 1.54) is 0 Å². The van der Waals surface area contributed by atoms with Crippen molar-refractivity contribution >= 4 is 17.2 Å². The molecule has 24 heavy (non-hydrogen) atoms. The summed E-state index contributed by atoms with van der Waals surface area (Å²) in [5, 5.41) is 5.92. The minimum atomic E-state index is 0.0637. The molecule has 0 radical (unpaired) electrons. The van der Waals surface area contributed by atoms with Gasteiger partial charge in [0.25, 0.3) is 0 Å². The van der Waals surface area contributed by atoms with Gasteiger partial charge in [0.2, 0.25) is 5.91 Å². The second-order valence-corrected chi connectivity index (χ2v) is 6.76. The summed E-state index contributed by atoms with van der Waals surface area (Å²) in [7, 11) is 0. The molecule has 120 valence electrons. The fourth-order valence-corrected chi connectivity index (χ4v) is 3.53. The molecule has 6 heteroatoms. The maximum Gasteiger partial charge on any atom is 0.224 e. The number of carbonyl (C=O) groups excluding carboxylic acids is 1. The van der Waals surface area contributed by atoms with E-state index in [9.17, 15) is 4.79 Å². The smallest absolute Gasteiger partial charge is 0.224 e. The minimum absolute atomic E-state index is 0.0637. The van der Waals surface area contributed by atoms with Crippen molar-refractivity contribution in [2.45, 2.75) is 18.9 Å². The molecule has 3 aromatic rings. The largest absolute Gasteiger partial charge is 0.349 e. The van der Waals surface area contributed by atoms with E-state index in [4.69, 9.17) is 0 Å². The Kier molecular flexibility index (Phi) is 4.04. The molecule has 5 nitrogen and oxygen atoms in total. The predicted octanol–water partition coefficient (Wildman–Crippen LogP) is 3.02. The highest BCUT2D eigenvalue weighted by molar-refractivity contribution is 7.09. The lowest BCUT2D eigenvalue weighted by atomic mass is 10.1. The number of hydrogen-bond acceptors (Lipinski definition) is 5. The number of aromatic nitrogens is 3. The Morgan fingerprint density at radius 1 is 1.21 bits per heavy atom. The topological polar surface area (TPSA) is 67.8 Å². The van der Waals surface area contributed by atoms with Gasteiger partial charge in [-0.2, -0.15) is 0 Å². The van der Waals surface area contributed by atoms with Gasteiger partial charge in [0.15, 0.2) is 0 Å². The van der Waals surface area contributed by atoms with Crippen LogP contribution in [0, 0.1) is 5.92 Å². The normalized spacial score (nSPS) is 19.0. The average Bonchev–Trinajstić information content (AvgIpc) is 3.31. The van der Waals surface area contributed by atoms with E-state index in [-0.39, 0.29) is 11.8 Å². The van der Waals surface area contributed by atoms with Crippen LogP contribution in [0.4, 0.5) is 0 Å². The van der Waals surface area contributed by atoms with Crippen molar-refractivity contribution in [3.8, 4) is 11.3 Å². The van der Waals surface area contributed by atoms with E-state index >= 15 is 0 Å². The second-order valence-electron chi connectivity index (χ2n) is 5.82. The Hall–Kier alpha value is -2.60. The summed E-state index contributed by atoms with van der Waals surface area (Å²) in [6.07, 6.45) is 8.00. The molecule has 3 heterocycles. The number of pyridine rings is 2. The number of nitrogens with zero attached hydrogens (tertiary/aromatic N) is 3. The van der Waals surface area contributed by atoms with Crippen LogP contribution in [0.15, 0.2) is 54.4 Å². The van der Waals surface area contributed by atoms with Crippen LogP contribution in [-0.4, -0.2) is 20.9 Å². The molecule has 1 amide bonds. The van der Waals surface area contributed by atoms with E-state index in [0.29, 0.717) is 12.5 Å². The van der Waals surface area contributed by atoms with Gasteiger partial charge in [-0.1, -0.05) is 6.07 Å². The van der Waals surface area contributed by atoms with E-state index < -0.39 is 0 Å². The summed E-state index contributed by atoms with van der Waals surface area (Å²) in [6.45, 7) is 0.477. The van der Waals surface area contributed by atoms with Crippen LogP contribution in [0.5, 0.6) is 0 Å². The molecule has 1 aliphatic rings. The zero-order valence-corrected chi connectivity index (χ0v) is 13.7. The number of rotatable bonds is 5. The third-order valence-electron chi connectivity index (χ3n) is 4.18. The van der Waals surface area contributed by atoms with Crippen LogP contribution in [-0.2, 0) is 11.3 Å². The molecule has 2 atom stereocenters. The first-order valence-corrected chi connectivity index (χ1v) is 8.71. The van der Waals surface area contributed by atoms with Crippen LogP contribution in [0.3, 0.4) is 0 Å². The number of hydrogen-bond donors (Lipinski definition) is 1. The third kappa shape index (κ3) is 3.19. The van der Waals surface area contributed by atoms with Crippen molar-refractivity contribution in [2.75, 3.05) is 0 Å². The van der Waals surface area contributed by atoms with Crippen molar-refractivity contribution in [1.29, 1.82) is 0 Å². The first-order chi connectivity index (χ1) is 11.8. The van der Waals surface area contributed by atoms with Crippen LogP contribution >= 0.6 is 11.3 Å². The Labute approximate surface area is 143 Å². The molecule has 0 aliphatic heterocycles. The van der Waals surface area contributed by atoms with Gasteiger partial charge in [-0.05, 0) is 36.1 Å². The highest BCUT2D eigenvalue weighted by Crippen LogP contribution is 2.47. The fraction of sp³-hybridized carbons (Fsp3) is 0.222. The van der Waals surface area contributed by atoms with Gasteiger partial charge in [-0.3, -0.25) is 14.8 Å². The highest BCUT2D eigenvalue weighted by atomic mass is 32.1. The van der Waals surface area contributed by atoms with Gasteiger partial charge in [-0.15, -0.1) is 11.3 Å². The Balaban J connectivity index is 1.33. The standard InChI is InChI=1S/C18H16N4OS/c23-18(15-8-14(15)13-2-1-5-20-9-13)21-10-17-22-16(11-24-17)12-3-6-19-7-4-12/h1-7,9,11,14-15H,8,10H2,(H,21,23)/t14-,15-/m1/s1. The second kappa shape index (κ2) is 6.49. The summed E-state index contributed by atoms with van der Waals surface area (Å²) >= 11 is 1.56. The van der Waals surface area contributed by atoms with Gasteiger partial charge in [0.1, 0.15) is 5.01 Å². The van der Waals surface area contributed by atoms with Gasteiger partial charge in [0, 0.05) is 41.6 Å². The van der Waals surface area contributed by atoms with Crippen LogP contribution < -0.4 is 5.32 Å². The Morgan fingerprint density at radius 2 is 2.08 bits per heavy atom. The lowest BCUT2D eigenvalue weighted by molar-refractivity contribution is -0.122. The van der Waals surface area contributed by atoms with Crippen molar-refractivity contribution in [1.82, 2.24) is 20.3 Å². The molecule has 4 rings (SSSR count). The molecule has 0 aromatic carbocycles. The van der Waals surface area contributed by atoms with Crippen LogP contribution in [0.25, 0.3) is 11.3 Å². The molecule has 1 N–H and O–H groups in total. The average molecular weight is 336 g/mol. The maximum atomic E-state index is 12.3. The highest BCUT2D eigenvalue weighted by Gasteiger charge is 2.43. The first kappa shape index (κ1) is 15.0. The third-order valence-corrected chi connectivity index (χ3v) is 5.03. The lowest BCUT2D eigenvalue weighted by Crippen LogP contribution is -2.24. The molecule has 0 unspecified atom stereocenters. The number of carbonyl (C=O) groups is 1. The van der Waals surface area contributed by atoms with Crippen LogP contribution in [0.1, 0.15) is 22.9 Å². The molecule has 1 aliphatic carbocycles. The Bertz CT molecular complexity index is 834. The van der Waals surface area contributed by atoms with Crippen molar-refractivity contribution in [3.05, 3.63) is 65.0 Å². The fourth-order valence-electron chi connectivity index (χ4n) is 2.79. The molecule has 0 saturated heterocycles. The summed E-state index contributed by atoms with van der Waals surface area (Å²) < 4.78 is 0. The van der Waals surface area contributed by atoms with E-state index in [1.807, 2.05) is 35.8 Å². The summed E-state index contributed by atoms with van der Waals surface area (Å²) in [5.41, 5.74) is 3.11. The summed E-state index contributed by atoms with van der Waals surface area (Å²) in [5.74, 6) is 0.473. The predicted molar refractivity (Wildman–Crippen MR) is 92.3 cm³/mol. The van der Waals surface area contributed by atoms with Gasteiger partial charge in [0.05, 0.1) is 12.2 Å². The zero-order valence-electron chi connectivity index (χ0n) is 12.9. The quantitative estimate of drug-likeness (QED) is 0.778. The van der Waals surface area contributed by atoms with Crippen molar-refractivity contribution < 1.29 is 4.79 Å². The van der Waals surface area contributed by atoms with Crippen molar-refractivity contribution in [2.24, 2.45) is 5.92 Å². The monoisotopic (exact) mass is 336 g/mol. The number of amides is 1. The van der Waals surface area contributed by atoms with Gasteiger partial charge < -0.3 is 5.32 Å². The molecule has 1 fully saturated rings. The summed E-state index contributed by atoms with van der Waals surface area (Å²) in [4.78, 5) is 25.0. The molecular formula is C18H16N4OS. The lowest BCUT2D eigenvalue weighted by Gasteiger charge is -2.03. The minimum Gasteiger partial charge on any atom is -0.349 e. The molecule has 3 aromatic heterocycles. The van der Waals surface area contributed by atoms with Crippen molar-refractivity contribution in [3.63, 3.8) is 0 Å². The first-order valence-electron chi connectivity index (χ1n) is 7.83. The molecule has 1 saturated carbocycles. The molecular weight excluding hydrogens is 320 g/mol. The maximum absolute atomic E-state index is 12.3. The molecule has 0 spiro atoms. The van der Waals surface area contributed by atoms with E-state index in [1.54, 1.807) is 29.9 Å².